The summed E-state index contributed by atoms with van der Waals surface area (Å²) in [6, 6.07) is 0. The summed E-state index contributed by atoms with van der Waals surface area (Å²) in [5, 5.41) is 0. The van der Waals surface area contributed by atoms with Gasteiger partial charge in [0.1, 0.15) is 11.0 Å². The number of hydrogen-bond acceptors (Lipinski definition) is 1. The molecule has 0 aromatic heterocycles. The van der Waals surface area contributed by atoms with E-state index in [9.17, 15) is 4.21 Å². The van der Waals surface area contributed by atoms with Crippen molar-refractivity contribution in [1.29, 1.82) is 0 Å². The van der Waals surface area contributed by atoms with E-state index >= 15 is 0 Å². The fraction of sp³-hybridized carbons (Fsp3) is 0.625. The molecule has 0 saturated carbocycles. The Bertz CT molecular complexity index is 189. The van der Waals surface area contributed by atoms with Crippen LogP contribution in [0.1, 0.15) is 27.7 Å². The van der Waals surface area contributed by atoms with Crippen LogP contribution >= 0.6 is 0 Å². The maximum absolute atomic E-state index is 11.2. The van der Waals surface area contributed by atoms with Gasteiger partial charge in [-0.15, -0.1) is 0 Å². The van der Waals surface area contributed by atoms with E-state index in [2.05, 4.69) is 4.40 Å². The van der Waals surface area contributed by atoms with Crippen molar-refractivity contribution in [1.82, 2.24) is 0 Å². The van der Waals surface area contributed by atoms with Crippen LogP contribution in [0.5, 0.6) is 0 Å². The second-order valence-electron chi connectivity index (χ2n) is 3.14. The molecule has 0 rings (SSSR count). The maximum Gasteiger partial charge on any atom is 0.144 e. The van der Waals surface area contributed by atoms with Gasteiger partial charge in [-0.1, -0.05) is 6.08 Å². The Kier molecular flexibility index (Phi) is 4.26. The van der Waals surface area contributed by atoms with Crippen LogP contribution in [-0.4, -0.2) is 15.2 Å². The van der Waals surface area contributed by atoms with Crippen molar-refractivity contribution in [2.45, 2.75) is 32.4 Å². The zero-order chi connectivity index (χ0) is 8.91. The van der Waals surface area contributed by atoms with Gasteiger partial charge < -0.3 is 0 Å². The molecule has 0 aromatic carbocycles. The minimum absolute atomic E-state index is 0.252. The van der Waals surface area contributed by atoms with Crippen molar-refractivity contribution < 1.29 is 4.21 Å². The molecule has 0 aliphatic heterocycles. The van der Waals surface area contributed by atoms with E-state index in [-0.39, 0.29) is 4.75 Å². The topological polar surface area (TPSA) is 29.4 Å². The van der Waals surface area contributed by atoms with Crippen LogP contribution in [0.15, 0.2) is 16.5 Å². The SMILES string of the molecule is C/C=C/C=N/[S@](=O)C(C)(C)C. The lowest BCUT2D eigenvalue weighted by molar-refractivity contribution is 0.651. The Morgan fingerprint density at radius 2 is 1.91 bits per heavy atom. The molecule has 0 heterocycles. The second kappa shape index (κ2) is 4.44. The molecule has 0 unspecified atom stereocenters. The first-order chi connectivity index (χ1) is 4.98. The minimum Gasteiger partial charge on any atom is -0.234 e. The standard InChI is InChI=1S/C8H15NOS/c1-5-6-7-9-11(10)8(2,3)4/h5-7H,1-4H3/b6-5+,9-7+/t11-/m1/s1. The van der Waals surface area contributed by atoms with Crippen molar-refractivity contribution in [3.8, 4) is 0 Å². The van der Waals surface area contributed by atoms with Gasteiger partial charge in [-0.3, -0.25) is 0 Å². The molecule has 0 aliphatic rings. The van der Waals surface area contributed by atoms with Gasteiger partial charge >= 0.3 is 0 Å². The van der Waals surface area contributed by atoms with Crippen molar-refractivity contribution in [2.24, 2.45) is 4.40 Å². The summed E-state index contributed by atoms with van der Waals surface area (Å²) in [6.45, 7) is 7.59. The van der Waals surface area contributed by atoms with Crippen molar-refractivity contribution >= 4 is 17.2 Å². The van der Waals surface area contributed by atoms with E-state index < -0.39 is 11.0 Å². The fourth-order valence-electron chi connectivity index (χ4n) is 0.335. The van der Waals surface area contributed by atoms with Crippen molar-refractivity contribution in [3.05, 3.63) is 12.2 Å². The third kappa shape index (κ3) is 4.90. The van der Waals surface area contributed by atoms with Crippen LogP contribution in [0, 0.1) is 0 Å². The first-order valence-corrected chi connectivity index (χ1v) is 4.66. The summed E-state index contributed by atoms with van der Waals surface area (Å²) in [7, 11) is -1.12. The lowest BCUT2D eigenvalue weighted by Gasteiger charge is -2.12. The van der Waals surface area contributed by atoms with Gasteiger partial charge in [0.05, 0.1) is 4.75 Å². The second-order valence-corrected chi connectivity index (χ2v) is 5.08. The highest BCUT2D eigenvalue weighted by molar-refractivity contribution is 7.85. The summed E-state index contributed by atoms with van der Waals surface area (Å²) in [5.41, 5.74) is 0. The molecular formula is C8H15NOS. The van der Waals surface area contributed by atoms with Crippen molar-refractivity contribution in [3.63, 3.8) is 0 Å². The van der Waals surface area contributed by atoms with Crippen LogP contribution in [0.4, 0.5) is 0 Å². The summed E-state index contributed by atoms with van der Waals surface area (Å²) in [4.78, 5) is 0. The van der Waals surface area contributed by atoms with E-state index in [1.54, 1.807) is 12.3 Å². The molecule has 0 aliphatic carbocycles. The van der Waals surface area contributed by atoms with Crippen LogP contribution in [-0.2, 0) is 11.0 Å². The smallest absolute Gasteiger partial charge is 0.144 e. The van der Waals surface area contributed by atoms with Gasteiger partial charge in [0.2, 0.25) is 0 Å². The number of rotatable bonds is 2. The first-order valence-electron chi connectivity index (χ1n) is 3.56. The predicted molar refractivity (Wildman–Crippen MR) is 51.2 cm³/mol. The summed E-state index contributed by atoms with van der Waals surface area (Å²) >= 11 is 0. The van der Waals surface area contributed by atoms with Crippen LogP contribution in [0.25, 0.3) is 0 Å². The Hall–Kier alpha value is -0.440. The summed E-state index contributed by atoms with van der Waals surface area (Å²) < 4.78 is 14.8. The van der Waals surface area contributed by atoms with Crippen molar-refractivity contribution in [2.75, 3.05) is 0 Å². The molecule has 2 nitrogen and oxygen atoms in total. The maximum atomic E-state index is 11.2. The Balaban J connectivity index is 4.08. The lowest BCUT2D eigenvalue weighted by Crippen LogP contribution is -2.19. The van der Waals surface area contributed by atoms with Gasteiger partial charge in [0, 0.05) is 6.21 Å². The molecule has 11 heavy (non-hydrogen) atoms. The third-order valence-electron chi connectivity index (χ3n) is 0.959. The molecule has 0 bridgehead atoms. The molecule has 0 fully saturated rings. The lowest BCUT2D eigenvalue weighted by atomic mass is 10.3. The zero-order valence-electron chi connectivity index (χ0n) is 7.50. The van der Waals surface area contributed by atoms with Gasteiger partial charge in [0.25, 0.3) is 0 Å². The number of nitrogens with zero attached hydrogens (tertiary/aromatic N) is 1. The van der Waals surface area contributed by atoms with Crippen LogP contribution in [0.2, 0.25) is 0 Å². The van der Waals surface area contributed by atoms with Crippen LogP contribution < -0.4 is 0 Å². The molecule has 0 aromatic rings. The normalized spacial score (nSPS) is 16.4. The van der Waals surface area contributed by atoms with E-state index in [0.717, 1.165) is 0 Å². The minimum atomic E-state index is -1.12. The average molecular weight is 173 g/mol. The molecule has 0 N–H and O–H groups in total. The molecule has 0 radical (unpaired) electrons. The largest absolute Gasteiger partial charge is 0.234 e. The predicted octanol–water partition coefficient (Wildman–Crippen LogP) is 2.10. The highest BCUT2D eigenvalue weighted by Crippen LogP contribution is 2.11. The molecule has 64 valence electrons. The number of allylic oxidation sites excluding steroid dienone is 2. The monoisotopic (exact) mass is 173 g/mol. The molecular weight excluding hydrogens is 158 g/mol. The average Bonchev–Trinajstić information content (AvgIpc) is 1.86. The first kappa shape index (κ1) is 10.6. The molecule has 1 atom stereocenters. The van der Waals surface area contributed by atoms with E-state index in [1.807, 2.05) is 33.8 Å². The Morgan fingerprint density at radius 3 is 2.27 bits per heavy atom. The third-order valence-corrected chi connectivity index (χ3v) is 2.32. The zero-order valence-corrected chi connectivity index (χ0v) is 8.31. The molecule has 0 saturated heterocycles. The molecule has 0 spiro atoms. The van der Waals surface area contributed by atoms with Gasteiger partial charge in [0.15, 0.2) is 0 Å². The Morgan fingerprint density at radius 1 is 1.36 bits per heavy atom. The molecule has 0 amide bonds. The van der Waals surface area contributed by atoms with E-state index in [0.29, 0.717) is 0 Å². The highest BCUT2D eigenvalue weighted by atomic mass is 32.2. The van der Waals surface area contributed by atoms with Gasteiger partial charge in [-0.05, 0) is 33.8 Å². The van der Waals surface area contributed by atoms with Gasteiger partial charge in [-0.2, -0.15) is 4.40 Å². The highest BCUT2D eigenvalue weighted by Gasteiger charge is 2.17. The Labute approximate surface area is 71.0 Å². The summed E-state index contributed by atoms with van der Waals surface area (Å²) in [5.74, 6) is 0. The van der Waals surface area contributed by atoms with Gasteiger partial charge in [-0.25, -0.2) is 4.21 Å². The number of hydrogen-bond donors (Lipinski definition) is 0. The van der Waals surface area contributed by atoms with E-state index in [4.69, 9.17) is 0 Å². The van der Waals surface area contributed by atoms with E-state index in [1.165, 1.54) is 0 Å². The fourth-order valence-corrected chi connectivity index (χ4v) is 0.832. The summed E-state index contributed by atoms with van der Waals surface area (Å²) in [6.07, 6.45) is 5.19. The molecule has 3 heteroatoms. The quantitative estimate of drug-likeness (QED) is 0.588. The van der Waals surface area contributed by atoms with Crippen LogP contribution in [0.3, 0.4) is 0 Å².